The van der Waals surface area contributed by atoms with Crippen molar-refractivity contribution in [1.29, 1.82) is 0 Å². The van der Waals surface area contributed by atoms with E-state index in [4.69, 9.17) is 0 Å². The summed E-state index contributed by atoms with van der Waals surface area (Å²) in [5, 5.41) is 13.5. The number of aromatic nitrogens is 2. The number of aryl methyl sites for hydroxylation is 1. The number of thiophene rings is 1. The zero-order valence-electron chi connectivity index (χ0n) is 10.2. The highest BCUT2D eigenvalue weighted by Crippen LogP contribution is 2.35. The first-order valence-electron chi connectivity index (χ1n) is 5.76. The van der Waals surface area contributed by atoms with Crippen molar-refractivity contribution in [2.45, 2.75) is 19.9 Å². The van der Waals surface area contributed by atoms with Crippen LogP contribution in [0, 0.1) is 6.92 Å². The van der Waals surface area contributed by atoms with Gasteiger partial charge in [0.1, 0.15) is 5.51 Å². The fourth-order valence-electron chi connectivity index (χ4n) is 2.09. The monoisotopic (exact) mass is 275 g/mol. The molecule has 1 aromatic carbocycles. The third-order valence-corrected chi connectivity index (χ3v) is 5.05. The number of hydrogen-bond donors (Lipinski definition) is 1. The van der Waals surface area contributed by atoms with E-state index in [2.05, 4.69) is 53.6 Å². The van der Waals surface area contributed by atoms with Crippen LogP contribution in [0.4, 0.5) is 5.13 Å². The molecular formula is C13H13N3S2. The van der Waals surface area contributed by atoms with Crippen molar-refractivity contribution in [2.75, 3.05) is 5.32 Å². The fourth-order valence-corrected chi connectivity index (χ4v) is 3.84. The molecule has 1 N–H and O–H groups in total. The number of fused-ring (bicyclic) bond motifs is 1. The Hall–Kier alpha value is -1.46. The Kier molecular flexibility index (Phi) is 3.01. The molecule has 18 heavy (non-hydrogen) atoms. The second-order valence-electron chi connectivity index (χ2n) is 4.20. The zero-order valence-corrected chi connectivity index (χ0v) is 11.8. The molecule has 0 radical (unpaired) electrons. The highest BCUT2D eigenvalue weighted by Gasteiger charge is 2.14. The Bertz CT molecular complexity index is 658. The summed E-state index contributed by atoms with van der Waals surface area (Å²) in [5.41, 5.74) is 3.10. The van der Waals surface area contributed by atoms with Crippen LogP contribution in [0.25, 0.3) is 10.1 Å². The molecule has 0 aliphatic rings. The van der Waals surface area contributed by atoms with Crippen LogP contribution in [0.2, 0.25) is 0 Å². The van der Waals surface area contributed by atoms with Gasteiger partial charge in [0, 0.05) is 9.58 Å². The van der Waals surface area contributed by atoms with Gasteiger partial charge in [-0.25, -0.2) is 0 Å². The van der Waals surface area contributed by atoms with Gasteiger partial charge in [-0.3, -0.25) is 0 Å². The van der Waals surface area contributed by atoms with Crippen LogP contribution >= 0.6 is 22.7 Å². The van der Waals surface area contributed by atoms with Gasteiger partial charge in [-0.1, -0.05) is 29.5 Å². The molecule has 5 heteroatoms. The van der Waals surface area contributed by atoms with Crippen LogP contribution in [0.1, 0.15) is 23.4 Å². The quantitative estimate of drug-likeness (QED) is 0.777. The van der Waals surface area contributed by atoms with E-state index in [1.54, 1.807) is 5.51 Å². The normalized spacial score (nSPS) is 12.8. The van der Waals surface area contributed by atoms with Crippen molar-refractivity contribution >= 4 is 37.9 Å². The number of hydrogen-bond acceptors (Lipinski definition) is 5. The van der Waals surface area contributed by atoms with Crippen LogP contribution < -0.4 is 5.32 Å². The summed E-state index contributed by atoms with van der Waals surface area (Å²) in [7, 11) is 0. The molecule has 0 bridgehead atoms. The average molecular weight is 275 g/mol. The standard InChI is InChI=1S/C13H13N3S2/c1-8-10-5-3-4-6-11(10)18-12(8)9(2)15-13-16-14-7-17-13/h3-7,9H,1-2H3,(H,15,16). The molecule has 3 rings (SSSR count). The minimum atomic E-state index is 0.260. The second-order valence-corrected chi connectivity index (χ2v) is 6.11. The number of nitrogens with one attached hydrogen (secondary N) is 1. The lowest BCUT2D eigenvalue weighted by molar-refractivity contribution is 0.888. The van der Waals surface area contributed by atoms with Gasteiger partial charge in [-0.05, 0) is 30.9 Å². The molecule has 0 aliphatic carbocycles. The van der Waals surface area contributed by atoms with Crippen LogP contribution in [0.15, 0.2) is 29.8 Å². The van der Waals surface area contributed by atoms with Gasteiger partial charge in [0.05, 0.1) is 6.04 Å². The third kappa shape index (κ3) is 2.00. The van der Waals surface area contributed by atoms with E-state index in [1.807, 2.05) is 11.3 Å². The average Bonchev–Trinajstić information content (AvgIpc) is 2.98. The Balaban J connectivity index is 1.96. The number of anilines is 1. The molecule has 2 heterocycles. The minimum absolute atomic E-state index is 0.260. The summed E-state index contributed by atoms with van der Waals surface area (Å²) in [6.45, 7) is 4.35. The number of benzene rings is 1. The molecule has 3 aromatic rings. The lowest BCUT2D eigenvalue weighted by Gasteiger charge is -2.11. The Morgan fingerprint density at radius 1 is 1.28 bits per heavy atom. The van der Waals surface area contributed by atoms with Crippen LogP contribution in [0.5, 0.6) is 0 Å². The van der Waals surface area contributed by atoms with Gasteiger partial charge in [-0.15, -0.1) is 21.5 Å². The highest BCUT2D eigenvalue weighted by molar-refractivity contribution is 7.19. The molecule has 0 saturated carbocycles. The van der Waals surface area contributed by atoms with E-state index in [1.165, 1.54) is 31.9 Å². The number of nitrogens with zero attached hydrogens (tertiary/aromatic N) is 2. The maximum atomic E-state index is 4.03. The van der Waals surface area contributed by atoms with Crippen molar-refractivity contribution in [3.05, 3.63) is 40.2 Å². The summed E-state index contributed by atoms with van der Waals surface area (Å²) in [4.78, 5) is 1.37. The molecule has 0 fully saturated rings. The third-order valence-electron chi connectivity index (χ3n) is 2.97. The summed E-state index contributed by atoms with van der Waals surface area (Å²) >= 11 is 3.38. The molecule has 0 saturated heterocycles. The molecule has 1 unspecified atom stereocenters. The Morgan fingerprint density at radius 3 is 2.83 bits per heavy atom. The predicted molar refractivity (Wildman–Crippen MR) is 78.5 cm³/mol. The summed E-state index contributed by atoms with van der Waals surface area (Å²) < 4.78 is 1.34. The van der Waals surface area contributed by atoms with Gasteiger partial charge in [0.25, 0.3) is 0 Å². The molecule has 1 atom stereocenters. The topological polar surface area (TPSA) is 37.8 Å². The van der Waals surface area contributed by atoms with Gasteiger partial charge < -0.3 is 5.32 Å². The lowest BCUT2D eigenvalue weighted by atomic mass is 10.1. The first-order chi connectivity index (χ1) is 8.75. The fraction of sp³-hybridized carbons (Fsp3) is 0.231. The van der Waals surface area contributed by atoms with Gasteiger partial charge >= 0.3 is 0 Å². The van der Waals surface area contributed by atoms with Crippen molar-refractivity contribution in [3.63, 3.8) is 0 Å². The van der Waals surface area contributed by atoms with E-state index in [9.17, 15) is 0 Å². The highest BCUT2D eigenvalue weighted by atomic mass is 32.1. The maximum absolute atomic E-state index is 4.03. The summed E-state index contributed by atoms with van der Waals surface area (Å²) in [6.07, 6.45) is 0. The number of rotatable bonds is 3. The molecule has 0 aliphatic heterocycles. The smallest absolute Gasteiger partial charge is 0.205 e. The van der Waals surface area contributed by atoms with Crippen molar-refractivity contribution in [2.24, 2.45) is 0 Å². The first-order valence-corrected chi connectivity index (χ1v) is 7.46. The van der Waals surface area contributed by atoms with E-state index < -0.39 is 0 Å². The molecule has 0 spiro atoms. The molecule has 2 aromatic heterocycles. The largest absolute Gasteiger partial charge is 0.353 e. The van der Waals surface area contributed by atoms with Gasteiger partial charge in [0.2, 0.25) is 5.13 Å². The summed E-state index contributed by atoms with van der Waals surface area (Å²) in [6, 6.07) is 8.80. The van der Waals surface area contributed by atoms with Crippen molar-refractivity contribution in [3.8, 4) is 0 Å². The molecule has 92 valence electrons. The van der Waals surface area contributed by atoms with E-state index in [0.29, 0.717) is 0 Å². The van der Waals surface area contributed by atoms with Crippen molar-refractivity contribution < 1.29 is 0 Å². The van der Waals surface area contributed by atoms with E-state index in [-0.39, 0.29) is 6.04 Å². The minimum Gasteiger partial charge on any atom is -0.353 e. The van der Waals surface area contributed by atoms with Crippen LogP contribution in [0.3, 0.4) is 0 Å². The molecular weight excluding hydrogens is 262 g/mol. The Labute approximate surface area is 114 Å². The van der Waals surface area contributed by atoms with E-state index >= 15 is 0 Å². The zero-order chi connectivity index (χ0) is 12.5. The summed E-state index contributed by atoms with van der Waals surface area (Å²) in [5.74, 6) is 0. The first kappa shape index (κ1) is 11.6. The van der Waals surface area contributed by atoms with Gasteiger partial charge in [-0.2, -0.15) is 0 Å². The molecule has 0 amide bonds. The van der Waals surface area contributed by atoms with Crippen molar-refractivity contribution in [1.82, 2.24) is 10.2 Å². The second kappa shape index (κ2) is 4.66. The SMILES string of the molecule is Cc1c(C(C)Nc2nncs2)sc2ccccc12. The predicted octanol–water partition coefficient (Wildman–Crippen LogP) is 4.23. The van der Waals surface area contributed by atoms with Crippen LogP contribution in [-0.4, -0.2) is 10.2 Å². The Morgan fingerprint density at radius 2 is 2.11 bits per heavy atom. The van der Waals surface area contributed by atoms with Crippen LogP contribution in [-0.2, 0) is 0 Å². The maximum Gasteiger partial charge on any atom is 0.205 e. The molecule has 3 nitrogen and oxygen atoms in total. The lowest BCUT2D eigenvalue weighted by Crippen LogP contribution is -2.05. The van der Waals surface area contributed by atoms with E-state index in [0.717, 1.165) is 5.13 Å². The van der Waals surface area contributed by atoms with Gasteiger partial charge in [0.15, 0.2) is 0 Å².